The second-order valence-corrected chi connectivity index (χ2v) is 6.57. The zero-order chi connectivity index (χ0) is 19.1. The number of pyridine rings is 1. The lowest BCUT2D eigenvalue weighted by Gasteiger charge is -2.07. The normalized spacial score (nSPS) is 11.1. The highest BCUT2D eigenvalue weighted by Crippen LogP contribution is 2.28. The molecule has 5 heteroatoms. The van der Waals surface area contributed by atoms with Gasteiger partial charge in [-0.05, 0) is 37.1 Å². The van der Waals surface area contributed by atoms with E-state index in [9.17, 15) is 13.6 Å². The van der Waals surface area contributed by atoms with Crippen LogP contribution in [0, 0.1) is 25.5 Å². The maximum absolute atomic E-state index is 14.4. The highest BCUT2D eigenvalue weighted by molar-refractivity contribution is 6.16. The molecule has 4 aromatic rings. The van der Waals surface area contributed by atoms with Crippen LogP contribution < -0.4 is 0 Å². The Balaban J connectivity index is 1.86. The van der Waals surface area contributed by atoms with Crippen molar-refractivity contribution >= 4 is 16.8 Å². The van der Waals surface area contributed by atoms with E-state index < -0.39 is 23.0 Å². The maximum Gasteiger partial charge on any atom is 0.201 e. The first-order valence-electron chi connectivity index (χ1n) is 8.49. The number of carbonyl (C=O) groups is 1. The topological polar surface area (TPSA) is 45.8 Å². The average molecular weight is 362 g/mol. The number of aromatic nitrogens is 2. The van der Waals surface area contributed by atoms with Crippen molar-refractivity contribution in [1.29, 1.82) is 0 Å². The SMILES string of the molecule is Cc1ccc(-c2cnc3[nH]cc(C(=O)c4c(F)ccc(C)c4F)c3c2)cc1. The van der Waals surface area contributed by atoms with Gasteiger partial charge in [-0.3, -0.25) is 4.79 Å². The first-order valence-corrected chi connectivity index (χ1v) is 8.49. The van der Waals surface area contributed by atoms with Crippen molar-refractivity contribution in [3.63, 3.8) is 0 Å². The van der Waals surface area contributed by atoms with Crippen LogP contribution in [0.2, 0.25) is 0 Å². The molecule has 27 heavy (non-hydrogen) atoms. The van der Waals surface area contributed by atoms with Crippen LogP contribution >= 0.6 is 0 Å². The molecule has 3 nitrogen and oxygen atoms in total. The summed E-state index contributed by atoms with van der Waals surface area (Å²) in [4.78, 5) is 20.1. The van der Waals surface area contributed by atoms with Crippen LogP contribution in [-0.4, -0.2) is 15.8 Å². The van der Waals surface area contributed by atoms with Crippen LogP contribution in [0.1, 0.15) is 27.0 Å². The third-order valence-corrected chi connectivity index (χ3v) is 4.67. The highest BCUT2D eigenvalue weighted by atomic mass is 19.1. The predicted octanol–water partition coefficient (Wildman–Crippen LogP) is 5.36. The molecular weight excluding hydrogens is 346 g/mol. The van der Waals surface area contributed by atoms with Crippen LogP contribution in [0.25, 0.3) is 22.2 Å². The Hall–Kier alpha value is -3.34. The van der Waals surface area contributed by atoms with Gasteiger partial charge in [-0.1, -0.05) is 35.9 Å². The van der Waals surface area contributed by atoms with Crippen LogP contribution in [-0.2, 0) is 0 Å². The lowest BCUT2D eigenvalue weighted by atomic mass is 9.98. The number of aromatic amines is 1. The van der Waals surface area contributed by atoms with Crippen molar-refractivity contribution in [3.8, 4) is 11.1 Å². The molecule has 0 aliphatic heterocycles. The minimum Gasteiger partial charge on any atom is -0.345 e. The van der Waals surface area contributed by atoms with Gasteiger partial charge >= 0.3 is 0 Å². The van der Waals surface area contributed by atoms with Crippen LogP contribution in [0.15, 0.2) is 54.9 Å². The molecule has 0 aliphatic rings. The van der Waals surface area contributed by atoms with Gasteiger partial charge in [0.25, 0.3) is 0 Å². The lowest BCUT2D eigenvalue weighted by molar-refractivity contribution is 0.103. The van der Waals surface area contributed by atoms with Gasteiger partial charge in [-0.2, -0.15) is 0 Å². The monoisotopic (exact) mass is 362 g/mol. The Morgan fingerprint density at radius 1 is 1.00 bits per heavy atom. The van der Waals surface area contributed by atoms with Gasteiger partial charge in [0.2, 0.25) is 5.78 Å². The van der Waals surface area contributed by atoms with Gasteiger partial charge in [0.1, 0.15) is 17.3 Å². The van der Waals surface area contributed by atoms with Crippen LogP contribution in [0.4, 0.5) is 8.78 Å². The molecule has 134 valence electrons. The first-order chi connectivity index (χ1) is 13.0. The van der Waals surface area contributed by atoms with Crippen LogP contribution in [0.5, 0.6) is 0 Å². The minimum atomic E-state index is -0.875. The first kappa shape index (κ1) is 17.1. The Labute approximate surface area is 154 Å². The Morgan fingerprint density at radius 3 is 2.48 bits per heavy atom. The smallest absolute Gasteiger partial charge is 0.201 e. The summed E-state index contributed by atoms with van der Waals surface area (Å²) in [6.07, 6.45) is 3.14. The molecular formula is C22H16F2N2O. The van der Waals surface area contributed by atoms with E-state index >= 15 is 0 Å². The van der Waals surface area contributed by atoms with Crippen molar-refractivity contribution in [3.05, 3.63) is 88.7 Å². The number of rotatable bonds is 3. The predicted molar refractivity (Wildman–Crippen MR) is 101 cm³/mol. The van der Waals surface area contributed by atoms with E-state index in [-0.39, 0.29) is 11.1 Å². The fourth-order valence-electron chi connectivity index (χ4n) is 3.09. The fraction of sp³-hybridized carbons (Fsp3) is 0.0909. The van der Waals surface area contributed by atoms with Crippen molar-refractivity contribution in [2.75, 3.05) is 0 Å². The number of hydrogen-bond acceptors (Lipinski definition) is 2. The summed E-state index contributed by atoms with van der Waals surface area (Å²) in [6.45, 7) is 3.50. The van der Waals surface area contributed by atoms with E-state index in [4.69, 9.17) is 0 Å². The number of carbonyl (C=O) groups excluding carboxylic acids is 1. The zero-order valence-electron chi connectivity index (χ0n) is 14.8. The average Bonchev–Trinajstić information content (AvgIpc) is 3.09. The molecule has 0 saturated heterocycles. The summed E-state index contributed by atoms with van der Waals surface area (Å²) in [5.41, 5.74) is 3.26. The number of aryl methyl sites for hydroxylation is 2. The number of nitrogens with one attached hydrogen (secondary N) is 1. The van der Waals surface area contributed by atoms with Gasteiger partial charge in [0.05, 0.1) is 5.56 Å². The minimum absolute atomic E-state index is 0.190. The molecule has 0 aliphatic carbocycles. The molecule has 2 aromatic carbocycles. The summed E-state index contributed by atoms with van der Waals surface area (Å²) in [5, 5.41) is 0.526. The molecule has 1 N–H and O–H groups in total. The maximum atomic E-state index is 14.4. The number of fused-ring (bicyclic) bond motifs is 1. The molecule has 4 rings (SSSR count). The Bertz CT molecular complexity index is 1180. The summed E-state index contributed by atoms with van der Waals surface area (Å²) in [6, 6.07) is 12.1. The molecule has 0 amide bonds. The number of benzene rings is 2. The van der Waals surface area contributed by atoms with Gasteiger partial charge in [-0.15, -0.1) is 0 Å². The molecule has 0 fully saturated rings. The molecule has 2 heterocycles. The fourth-order valence-corrected chi connectivity index (χ4v) is 3.09. The second kappa shape index (κ2) is 6.43. The van der Waals surface area contributed by atoms with E-state index in [1.807, 2.05) is 37.3 Å². The second-order valence-electron chi connectivity index (χ2n) is 6.57. The van der Waals surface area contributed by atoms with E-state index in [1.54, 1.807) is 6.20 Å². The van der Waals surface area contributed by atoms with E-state index in [0.717, 1.165) is 22.8 Å². The van der Waals surface area contributed by atoms with Gasteiger partial charge in [-0.25, -0.2) is 13.8 Å². The third-order valence-electron chi connectivity index (χ3n) is 4.67. The lowest BCUT2D eigenvalue weighted by Crippen LogP contribution is -2.08. The van der Waals surface area contributed by atoms with Gasteiger partial charge < -0.3 is 4.98 Å². The van der Waals surface area contributed by atoms with Crippen molar-refractivity contribution < 1.29 is 13.6 Å². The number of nitrogens with zero attached hydrogens (tertiary/aromatic N) is 1. The standard InChI is InChI=1S/C22H16F2N2O/c1-12-3-6-14(7-4-12)15-9-16-17(11-26-22(16)25-10-15)21(27)19-18(23)8-5-13(2)20(19)24/h3-11H,1-2H3,(H,25,26). The molecule has 0 spiro atoms. The molecule has 2 aromatic heterocycles. The Morgan fingerprint density at radius 2 is 1.74 bits per heavy atom. The summed E-state index contributed by atoms with van der Waals surface area (Å²) >= 11 is 0. The zero-order valence-corrected chi connectivity index (χ0v) is 14.8. The summed E-state index contributed by atoms with van der Waals surface area (Å²) in [5.74, 6) is -2.42. The van der Waals surface area contributed by atoms with Crippen molar-refractivity contribution in [2.45, 2.75) is 13.8 Å². The van der Waals surface area contributed by atoms with Crippen molar-refractivity contribution in [1.82, 2.24) is 9.97 Å². The molecule has 0 bridgehead atoms. The molecule has 0 saturated carbocycles. The number of hydrogen-bond donors (Lipinski definition) is 1. The largest absolute Gasteiger partial charge is 0.345 e. The van der Waals surface area contributed by atoms with Gasteiger partial charge in [0.15, 0.2) is 0 Å². The quantitative estimate of drug-likeness (QED) is 0.499. The van der Waals surface area contributed by atoms with E-state index in [1.165, 1.54) is 19.2 Å². The van der Waals surface area contributed by atoms with E-state index in [2.05, 4.69) is 9.97 Å². The molecule has 0 unspecified atom stereocenters. The molecule has 0 radical (unpaired) electrons. The van der Waals surface area contributed by atoms with Crippen molar-refractivity contribution in [2.24, 2.45) is 0 Å². The molecule has 0 atom stereocenters. The van der Waals surface area contributed by atoms with Crippen LogP contribution in [0.3, 0.4) is 0 Å². The highest BCUT2D eigenvalue weighted by Gasteiger charge is 2.23. The van der Waals surface area contributed by atoms with Gasteiger partial charge in [0, 0.05) is 28.9 Å². The third kappa shape index (κ3) is 2.91. The Kier molecular flexibility index (Phi) is 4.07. The number of ketones is 1. The number of halogens is 2. The summed E-state index contributed by atoms with van der Waals surface area (Å²) in [7, 11) is 0. The number of H-pyrrole nitrogens is 1. The van der Waals surface area contributed by atoms with E-state index in [0.29, 0.717) is 11.0 Å². The summed E-state index contributed by atoms with van der Waals surface area (Å²) < 4.78 is 28.6.